The number of carbonyl (C=O) groups excluding carboxylic acids is 1. The zero-order chi connectivity index (χ0) is 15.1. The molecular formula is C16H24FNO2. The number of nitrogens with two attached hydrogens (primary N) is 1. The highest BCUT2D eigenvalue weighted by atomic mass is 19.1. The Kier molecular flexibility index (Phi) is 6.65. The first-order valence-corrected chi connectivity index (χ1v) is 7.00. The summed E-state index contributed by atoms with van der Waals surface area (Å²) in [5, 5.41) is 0. The van der Waals surface area contributed by atoms with Crippen molar-refractivity contribution in [3.8, 4) is 5.75 Å². The summed E-state index contributed by atoms with van der Waals surface area (Å²) < 4.78 is 18.4. The minimum Gasteiger partial charge on any atom is -0.494 e. The molecule has 0 aliphatic rings. The Hall–Kier alpha value is -1.42. The van der Waals surface area contributed by atoms with Crippen molar-refractivity contribution < 1.29 is 13.9 Å². The normalized spacial score (nSPS) is 12.5. The number of rotatable bonds is 8. The maximum absolute atomic E-state index is 13.5. The quantitative estimate of drug-likeness (QED) is 0.797. The molecule has 0 aromatic heterocycles. The lowest BCUT2D eigenvalue weighted by Crippen LogP contribution is -2.20. The summed E-state index contributed by atoms with van der Waals surface area (Å²) in [6, 6.07) is 4.63. The van der Waals surface area contributed by atoms with Gasteiger partial charge in [0.05, 0.1) is 7.11 Å². The molecule has 0 aliphatic carbocycles. The molecular weight excluding hydrogens is 257 g/mol. The molecule has 20 heavy (non-hydrogen) atoms. The maximum Gasteiger partial charge on any atom is 0.165 e. The predicted molar refractivity (Wildman–Crippen MR) is 78.3 cm³/mol. The second-order valence-electron chi connectivity index (χ2n) is 5.62. The summed E-state index contributed by atoms with van der Waals surface area (Å²) in [7, 11) is 1.42. The van der Waals surface area contributed by atoms with Crippen LogP contribution in [0.1, 0.15) is 32.3 Å². The van der Waals surface area contributed by atoms with Crippen molar-refractivity contribution in [3.63, 3.8) is 0 Å². The van der Waals surface area contributed by atoms with E-state index in [9.17, 15) is 9.18 Å². The van der Waals surface area contributed by atoms with Crippen molar-refractivity contribution in [2.75, 3.05) is 13.7 Å². The van der Waals surface area contributed by atoms with Gasteiger partial charge in [0.15, 0.2) is 11.6 Å². The van der Waals surface area contributed by atoms with E-state index in [0.29, 0.717) is 24.4 Å². The summed E-state index contributed by atoms with van der Waals surface area (Å²) in [5.41, 5.74) is 6.37. The fourth-order valence-electron chi connectivity index (χ4n) is 2.37. The van der Waals surface area contributed by atoms with E-state index in [0.717, 1.165) is 6.42 Å². The molecule has 0 saturated heterocycles. The molecule has 0 amide bonds. The summed E-state index contributed by atoms with van der Waals surface area (Å²) in [6.07, 6.45) is 1.65. The van der Waals surface area contributed by atoms with Gasteiger partial charge in [-0.3, -0.25) is 4.79 Å². The van der Waals surface area contributed by atoms with E-state index in [4.69, 9.17) is 10.5 Å². The highest BCUT2D eigenvalue weighted by molar-refractivity contribution is 5.81. The molecule has 0 saturated carbocycles. The van der Waals surface area contributed by atoms with Crippen LogP contribution in [0.4, 0.5) is 4.39 Å². The van der Waals surface area contributed by atoms with Crippen molar-refractivity contribution in [3.05, 3.63) is 29.6 Å². The molecule has 1 unspecified atom stereocenters. The van der Waals surface area contributed by atoms with Crippen molar-refractivity contribution in [1.29, 1.82) is 0 Å². The van der Waals surface area contributed by atoms with Crippen LogP contribution in [0.15, 0.2) is 18.2 Å². The number of benzene rings is 1. The first kappa shape index (κ1) is 16.6. The average molecular weight is 281 g/mol. The van der Waals surface area contributed by atoms with E-state index in [1.165, 1.54) is 13.2 Å². The van der Waals surface area contributed by atoms with E-state index >= 15 is 0 Å². The Bertz CT molecular complexity index is 446. The van der Waals surface area contributed by atoms with Gasteiger partial charge in [0.25, 0.3) is 0 Å². The second-order valence-corrected chi connectivity index (χ2v) is 5.62. The molecule has 0 radical (unpaired) electrons. The molecule has 0 heterocycles. The van der Waals surface area contributed by atoms with Crippen LogP contribution in [0.5, 0.6) is 5.75 Å². The minimum atomic E-state index is -0.435. The number of halogens is 1. The Labute approximate surface area is 120 Å². The van der Waals surface area contributed by atoms with Crippen molar-refractivity contribution >= 4 is 5.78 Å². The topological polar surface area (TPSA) is 52.3 Å². The van der Waals surface area contributed by atoms with Crippen LogP contribution < -0.4 is 10.5 Å². The Morgan fingerprint density at radius 3 is 2.60 bits per heavy atom. The molecule has 1 aromatic carbocycles. The largest absolute Gasteiger partial charge is 0.494 e. The first-order chi connectivity index (χ1) is 9.46. The van der Waals surface area contributed by atoms with Gasteiger partial charge in [-0.2, -0.15) is 0 Å². The third-order valence-electron chi connectivity index (χ3n) is 3.27. The molecule has 0 aliphatic heterocycles. The van der Waals surface area contributed by atoms with E-state index in [1.54, 1.807) is 12.1 Å². The van der Waals surface area contributed by atoms with Crippen LogP contribution in [0, 0.1) is 17.7 Å². The lowest BCUT2D eigenvalue weighted by molar-refractivity contribution is -0.119. The van der Waals surface area contributed by atoms with Gasteiger partial charge in [-0.1, -0.05) is 19.9 Å². The summed E-state index contributed by atoms with van der Waals surface area (Å²) in [4.78, 5) is 12.0. The van der Waals surface area contributed by atoms with Crippen LogP contribution in [-0.4, -0.2) is 19.4 Å². The third kappa shape index (κ3) is 5.29. The first-order valence-electron chi connectivity index (χ1n) is 7.00. The summed E-state index contributed by atoms with van der Waals surface area (Å²) in [6.45, 7) is 4.75. The van der Waals surface area contributed by atoms with Gasteiger partial charge in [0, 0.05) is 12.8 Å². The van der Waals surface area contributed by atoms with Crippen molar-refractivity contribution in [2.24, 2.45) is 17.6 Å². The van der Waals surface area contributed by atoms with Crippen LogP contribution in [0.25, 0.3) is 0 Å². The molecule has 3 nitrogen and oxygen atoms in total. The maximum atomic E-state index is 13.5. The SMILES string of the molecule is COc1ccc(CC(=O)CC(CN)CC(C)C)cc1F. The molecule has 0 bridgehead atoms. The molecule has 2 N–H and O–H groups in total. The van der Waals surface area contributed by atoms with E-state index in [1.807, 2.05) is 0 Å². The number of methoxy groups -OCH3 is 1. The number of hydrogen-bond acceptors (Lipinski definition) is 3. The van der Waals surface area contributed by atoms with Gasteiger partial charge in [-0.25, -0.2) is 4.39 Å². The number of ketones is 1. The highest BCUT2D eigenvalue weighted by Gasteiger charge is 2.15. The van der Waals surface area contributed by atoms with E-state index in [2.05, 4.69) is 13.8 Å². The van der Waals surface area contributed by atoms with Gasteiger partial charge >= 0.3 is 0 Å². The summed E-state index contributed by atoms with van der Waals surface area (Å²) in [5.74, 6) is 0.599. The second kappa shape index (κ2) is 8.00. The van der Waals surface area contributed by atoms with Gasteiger partial charge in [-0.15, -0.1) is 0 Å². The Balaban J connectivity index is 2.59. The Morgan fingerprint density at radius 1 is 1.40 bits per heavy atom. The van der Waals surface area contributed by atoms with Crippen LogP contribution in [0.3, 0.4) is 0 Å². The van der Waals surface area contributed by atoms with Crippen LogP contribution in [-0.2, 0) is 11.2 Å². The molecule has 1 aromatic rings. The van der Waals surface area contributed by atoms with Crippen molar-refractivity contribution in [1.82, 2.24) is 0 Å². The zero-order valence-corrected chi connectivity index (χ0v) is 12.5. The number of Topliss-reactive ketones (excluding diaryl/α,β-unsaturated/α-hetero) is 1. The number of ether oxygens (including phenoxy) is 1. The Morgan fingerprint density at radius 2 is 2.10 bits per heavy atom. The molecule has 1 atom stereocenters. The molecule has 4 heteroatoms. The number of carbonyl (C=O) groups is 1. The monoisotopic (exact) mass is 281 g/mol. The average Bonchev–Trinajstić information content (AvgIpc) is 2.37. The van der Waals surface area contributed by atoms with Crippen molar-refractivity contribution in [2.45, 2.75) is 33.1 Å². The third-order valence-corrected chi connectivity index (χ3v) is 3.27. The lowest BCUT2D eigenvalue weighted by atomic mass is 9.91. The minimum absolute atomic E-state index is 0.102. The summed E-state index contributed by atoms with van der Waals surface area (Å²) >= 11 is 0. The smallest absolute Gasteiger partial charge is 0.165 e. The zero-order valence-electron chi connectivity index (χ0n) is 12.5. The van der Waals surface area contributed by atoms with E-state index in [-0.39, 0.29) is 23.9 Å². The number of hydrogen-bond donors (Lipinski definition) is 1. The molecule has 0 spiro atoms. The van der Waals surface area contributed by atoms with Gasteiger partial charge in [0.1, 0.15) is 5.78 Å². The van der Waals surface area contributed by atoms with Gasteiger partial charge in [-0.05, 0) is 42.5 Å². The molecule has 112 valence electrons. The predicted octanol–water partition coefficient (Wildman–Crippen LogP) is 2.96. The fraction of sp³-hybridized carbons (Fsp3) is 0.562. The molecule has 1 rings (SSSR count). The lowest BCUT2D eigenvalue weighted by Gasteiger charge is -2.16. The molecule has 0 fully saturated rings. The fourth-order valence-corrected chi connectivity index (χ4v) is 2.37. The van der Waals surface area contributed by atoms with Crippen LogP contribution in [0.2, 0.25) is 0 Å². The van der Waals surface area contributed by atoms with Crippen LogP contribution >= 0.6 is 0 Å². The van der Waals surface area contributed by atoms with Gasteiger partial charge in [0.2, 0.25) is 0 Å². The van der Waals surface area contributed by atoms with E-state index < -0.39 is 5.82 Å². The standard InChI is InChI=1S/C16H24FNO2/c1-11(2)6-13(10-18)8-14(19)7-12-4-5-16(20-3)15(17)9-12/h4-5,9,11,13H,6-8,10,18H2,1-3H3. The van der Waals surface area contributed by atoms with Gasteiger partial charge < -0.3 is 10.5 Å². The highest BCUT2D eigenvalue weighted by Crippen LogP contribution is 2.20.